The first kappa shape index (κ1) is 14.6. The van der Waals surface area contributed by atoms with Crippen LogP contribution in [0.1, 0.15) is 37.4 Å². The van der Waals surface area contributed by atoms with Crippen molar-refractivity contribution in [3.8, 4) is 11.1 Å². The first-order chi connectivity index (χ1) is 10.8. The van der Waals surface area contributed by atoms with Crippen LogP contribution in [0.5, 0.6) is 0 Å². The van der Waals surface area contributed by atoms with Crippen LogP contribution in [0.2, 0.25) is 0 Å². The average molecular weight is 290 g/mol. The maximum Gasteiger partial charge on any atom is 0.0951 e. The Morgan fingerprint density at radius 2 is 1.55 bits per heavy atom. The number of nitrogens with zero attached hydrogens (tertiary/aromatic N) is 2. The van der Waals surface area contributed by atoms with Crippen molar-refractivity contribution in [2.24, 2.45) is 0 Å². The van der Waals surface area contributed by atoms with E-state index in [2.05, 4.69) is 71.9 Å². The summed E-state index contributed by atoms with van der Waals surface area (Å²) in [5.74, 6) is 0. The average Bonchev–Trinajstić information content (AvgIpc) is 3.11. The fourth-order valence-electron chi connectivity index (χ4n) is 2.90. The molecule has 0 bridgehead atoms. The van der Waals surface area contributed by atoms with E-state index in [0.717, 1.165) is 12.8 Å². The van der Waals surface area contributed by atoms with Crippen molar-refractivity contribution in [2.75, 3.05) is 0 Å². The third-order valence-electron chi connectivity index (χ3n) is 4.26. The minimum atomic E-state index is 0.360. The van der Waals surface area contributed by atoms with Crippen molar-refractivity contribution in [3.63, 3.8) is 0 Å². The predicted molar refractivity (Wildman–Crippen MR) is 91.9 cm³/mol. The number of aryl methyl sites for hydroxylation is 1. The van der Waals surface area contributed by atoms with Crippen LogP contribution < -0.4 is 0 Å². The lowest BCUT2D eigenvalue weighted by atomic mass is 9.98. The summed E-state index contributed by atoms with van der Waals surface area (Å²) in [6, 6.07) is 18.1. The summed E-state index contributed by atoms with van der Waals surface area (Å²) in [6.07, 6.45) is 7.91. The Bertz CT molecular complexity index is 694. The van der Waals surface area contributed by atoms with Crippen molar-refractivity contribution >= 4 is 0 Å². The Balaban J connectivity index is 1.85. The molecule has 2 nitrogen and oxygen atoms in total. The van der Waals surface area contributed by atoms with Gasteiger partial charge in [0.05, 0.1) is 12.4 Å². The quantitative estimate of drug-likeness (QED) is 0.638. The minimum Gasteiger partial charge on any atom is -0.330 e. The number of imidazole rings is 1. The van der Waals surface area contributed by atoms with Gasteiger partial charge in [-0.2, -0.15) is 0 Å². The van der Waals surface area contributed by atoms with E-state index in [1.807, 2.05) is 18.7 Å². The molecular weight excluding hydrogens is 268 g/mol. The van der Waals surface area contributed by atoms with Gasteiger partial charge in [-0.05, 0) is 35.1 Å². The van der Waals surface area contributed by atoms with Gasteiger partial charge in [-0.25, -0.2) is 4.98 Å². The number of rotatable bonds is 5. The second-order valence-corrected chi connectivity index (χ2v) is 5.61. The Morgan fingerprint density at radius 3 is 2.05 bits per heavy atom. The fourth-order valence-corrected chi connectivity index (χ4v) is 2.90. The van der Waals surface area contributed by atoms with Crippen LogP contribution in [0.3, 0.4) is 0 Å². The highest BCUT2D eigenvalue weighted by Crippen LogP contribution is 2.26. The zero-order valence-corrected chi connectivity index (χ0v) is 13.2. The van der Waals surface area contributed by atoms with E-state index in [1.165, 1.54) is 22.3 Å². The van der Waals surface area contributed by atoms with E-state index in [-0.39, 0.29) is 0 Å². The molecule has 0 spiro atoms. The maximum atomic E-state index is 4.16. The summed E-state index contributed by atoms with van der Waals surface area (Å²) >= 11 is 0. The molecule has 0 saturated carbocycles. The van der Waals surface area contributed by atoms with Gasteiger partial charge in [0.1, 0.15) is 0 Å². The van der Waals surface area contributed by atoms with E-state index in [0.29, 0.717) is 6.04 Å². The molecule has 0 aliphatic heterocycles. The van der Waals surface area contributed by atoms with Crippen LogP contribution in [-0.2, 0) is 6.42 Å². The van der Waals surface area contributed by atoms with Crippen LogP contribution in [0.15, 0.2) is 67.3 Å². The van der Waals surface area contributed by atoms with Crippen molar-refractivity contribution in [3.05, 3.63) is 78.4 Å². The molecule has 0 saturated heterocycles. The third kappa shape index (κ3) is 2.96. The molecular formula is C20H22N2. The number of aromatic nitrogens is 2. The Morgan fingerprint density at radius 1 is 0.909 bits per heavy atom. The second-order valence-electron chi connectivity index (χ2n) is 5.61. The molecule has 3 rings (SSSR count). The Labute approximate surface area is 132 Å². The second kappa shape index (κ2) is 6.61. The SMILES string of the molecule is CCc1ccc(-c2ccc(C(CC)n3ccnc3)cc2)cc1. The normalized spacial score (nSPS) is 12.3. The summed E-state index contributed by atoms with van der Waals surface area (Å²) < 4.78 is 2.17. The van der Waals surface area contributed by atoms with E-state index < -0.39 is 0 Å². The summed E-state index contributed by atoms with van der Waals surface area (Å²) in [5.41, 5.74) is 5.26. The Hall–Kier alpha value is -2.35. The molecule has 0 fully saturated rings. The Kier molecular flexibility index (Phi) is 4.38. The third-order valence-corrected chi connectivity index (χ3v) is 4.26. The summed E-state index contributed by atoms with van der Waals surface area (Å²) in [4.78, 5) is 4.16. The zero-order chi connectivity index (χ0) is 15.4. The minimum absolute atomic E-state index is 0.360. The molecule has 0 aliphatic carbocycles. The van der Waals surface area contributed by atoms with Crippen molar-refractivity contribution in [2.45, 2.75) is 32.7 Å². The summed E-state index contributed by atoms with van der Waals surface area (Å²) in [6.45, 7) is 4.40. The first-order valence-corrected chi connectivity index (χ1v) is 7.98. The maximum absolute atomic E-state index is 4.16. The topological polar surface area (TPSA) is 17.8 Å². The molecule has 2 heteroatoms. The van der Waals surface area contributed by atoms with Gasteiger partial charge in [0, 0.05) is 12.4 Å². The van der Waals surface area contributed by atoms with Gasteiger partial charge < -0.3 is 4.57 Å². The predicted octanol–water partition coefficient (Wildman–Crippen LogP) is 5.11. The van der Waals surface area contributed by atoms with Gasteiger partial charge in [0.25, 0.3) is 0 Å². The monoisotopic (exact) mass is 290 g/mol. The van der Waals surface area contributed by atoms with Gasteiger partial charge in [0.15, 0.2) is 0 Å². The van der Waals surface area contributed by atoms with E-state index >= 15 is 0 Å². The summed E-state index contributed by atoms with van der Waals surface area (Å²) in [7, 11) is 0. The van der Waals surface area contributed by atoms with Crippen molar-refractivity contribution in [1.82, 2.24) is 9.55 Å². The molecule has 1 aromatic heterocycles. The fraction of sp³-hybridized carbons (Fsp3) is 0.250. The largest absolute Gasteiger partial charge is 0.330 e. The molecule has 0 amide bonds. The first-order valence-electron chi connectivity index (χ1n) is 7.98. The zero-order valence-electron chi connectivity index (χ0n) is 13.2. The van der Waals surface area contributed by atoms with Crippen LogP contribution in [0.25, 0.3) is 11.1 Å². The lowest BCUT2D eigenvalue weighted by Crippen LogP contribution is -2.07. The molecule has 1 heterocycles. The number of hydrogen-bond acceptors (Lipinski definition) is 1. The molecule has 1 unspecified atom stereocenters. The van der Waals surface area contributed by atoms with Crippen molar-refractivity contribution < 1.29 is 0 Å². The van der Waals surface area contributed by atoms with E-state index in [4.69, 9.17) is 0 Å². The van der Waals surface area contributed by atoms with Gasteiger partial charge in [-0.3, -0.25) is 0 Å². The molecule has 0 aliphatic rings. The highest BCUT2D eigenvalue weighted by Gasteiger charge is 2.10. The molecule has 0 radical (unpaired) electrons. The standard InChI is InChI=1S/C20H22N2/c1-3-16-5-7-17(8-6-16)18-9-11-19(12-10-18)20(4-2)22-14-13-21-15-22/h5-15,20H,3-4H2,1-2H3. The van der Waals surface area contributed by atoms with Gasteiger partial charge >= 0.3 is 0 Å². The van der Waals surface area contributed by atoms with Gasteiger partial charge in [-0.1, -0.05) is 62.4 Å². The van der Waals surface area contributed by atoms with Crippen molar-refractivity contribution in [1.29, 1.82) is 0 Å². The van der Waals surface area contributed by atoms with Gasteiger partial charge in [0.2, 0.25) is 0 Å². The highest BCUT2D eigenvalue weighted by atomic mass is 15.0. The van der Waals surface area contributed by atoms with Crippen LogP contribution in [0, 0.1) is 0 Å². The van der Waals surface area contributed by atoms with E-state index in [9.17, 15) is 0 Å². The van der Waals surface area contributed by atoms with E-state index in [1.54, 1.807) is 0 Å². The van der Waals surface area contributed by atoms with Crippen LogP contribution in [-0.4, -0.2) is 9.55 Å². The molecule has 0 N–H and O–H groups in total. The van der Waals surface area contributed by atoms with Crippen LogP contribution >= 0.6 is 0 Å². The molecule has 22 heavy (non-hydrogen) atoms. The smallest absolute Gasteiger partial charge is 0.0951 e. The molecule has 112 valence electrons. The lowest BCUT2D eigenvalue weighted by Gasteiger charge is -2.17. The highest BCUT2D eigenvalue weighted by molar-refractivity contribution is 5.64. The van der Waals surface area contributed by atoms with Gasteiger partial charge in [-0.15, -0.1) is 0 Å². The number of benzene rings is 2. The number of hydrogen-bond donors (Lipinski definition) is 0. The molecule has 3 aromatic rings. The molecule has 2 aromatic carbocycles. The molecule has 1 atom stereocenters. The lowest BCUT2D eigenvalue weighted by molar-refractivity contribution is 0.566. The van der Waals surface area contributed by atoms with Crippen LogP contribution in [0.4, 0.5) is 0 Å². The summed E-state index contributed by atoms with van der Waals surface area (Å²) in [5, 5.41) is 0.